The van der Waals surface area contributed by atoms with E-state index in [1.807, 2.05) is 0 Å². The highest BCUT2D eigenvalue weighted by Crippen LogP contribution is 1.97. The molecule has 0 bridgehead atoms. The molecular formula is C9H9FO. The van der Waals surface area contributed by atoms with Crippen LogP contribution in [0.25, 0.3) is 0 Å². The minimum atomic E-state index is -0.544. The molecule has 0 saturated heterocycles. The summed E-state index contributed by atoms with van der Waals surface area (Å²) in [6.45, 7) is 6.28. The van der Waals surface area contributed by atoms with Crippen LogP contribution in [0.5, 0.6) is 0 Å². The first-order chi connectivity index (χ1) is 5.16. The molecule has 2 heteroatoms. The minimum Gasteiger partial charge on any atom is -0.384 e. The molecular weight excluding hydrogens is 143 g/mol. The summed E-state index contributed by atoms with van der Waals surface area (Å²) < 4.78 is 12.0. The molecule has 0 rings (SSSR count). The van der Waals surface area contributed by atoms with Gasteiger partial charge >= 0.3 is 0 Å². The van der Waals surface area contributed by atoms with Gasteiger partial charge < -0.3 is 5.11 Å². The zero-order valence-electron chi connectivity index (χ0n) is 6.10. The second-order valence-corrected chi connectivity index (χ2v) is 1.77. The molecule has 0 atom stereocenters. The highest BCUT2D eigenvalue weighted by Gasteiger charge is 1.80. The Morgan fingerprint density at radius 2 is 2.09 bits per heavy atom. The predicted octanol–water partition coefficient (Wildman–Crippen LogP) is 1.58. The van der Waals surface area contributed by atoms with Crippen molar-refractivity contribution in [1.29, 1.82) is 0 Å². The lowest BCUT2D eigenvalue weighted by atomic mass is 10.3. The third-order valence-electron chi connectivity index (χ3n) is 0.793. The van der Waals surface area contributed by atoms with Crippen LogP contribution in [-0.4, -0.2) is 11.7 Å². The van der Waals surface area contributed by atoms with Crippen LogP contribution in [0.1, 0.15) is 0 Å². The van der Waals surface area contributed by atoms with Crippen LogP contribution in [0.4, 0.5) is 4.39 Å². The average Bonchev–Trinajstić information content (AvgIpc) is 1.97. The third kappa shape index (κ3) is 6.56. The van der Waals surface area contributed by atoms with E-state index in [0.717, 1.165) is 6.08 Å². The summed E-state index contributed by atoms with van der Waals surface area (Å²) >= 11 is 0. The van der Waals surface area contributed by atoms with Crippen molar-refractivity contribution in [3.8, 4) is 11.8 Å². The van der Waals surface area contributed by atoms with E-state index < -0.39 is 5.83 Å². The Morgan fingerprint density at radius 1 is 1.45 bits per heavy atom. The molecule has 0 aromatic heterocycles. The quantitative estimate of drug-likeness (QED) is 0.470. The van der Waals surface area contributed by atoms with Gasteiger partial charge in [0.1, 0.15) is 12.4 Å². The number of aliphatic hydroxyl groups is 1. The highest BCUT2D eigenvalue weighted by atomic mass is 19.1. The molecule has 0 spiro atoms. The van der Waals surface area contributed by atoms with E-state index in [4.69, 9.17) is 5.11 Å². The second-order valence-electron chi connectivity index (χ2n) is 1.77. The van der Waals surface area contributed by atoms with Crippen LogP contribution in [-0.2, 0) is 0 Å². The summed E-state index contributed by atoms with van der Waals surface area (Å²) in [7, 11) is 0. The van der Waals surface area contributed by atoms with E-state index in [1.54, 1.807) is 0 Å². The SMILES string of the molecule is C=C(F)/C=C\C(=C)C#CCO. The van der Waals surface area contributed by atoms with Crippen molar-refractivity contribution < 1.29 is 9.50 Å². The van der Waals surface area contributed by atoms with Gasteiger partial charge in [0.05, 0.1) is 0 Å². The number of hydrogen-bond donors (Lipinski definition) is 1. The van der Waals surface area contributed by atoms with Crippen molar-refractivity contribution >= 4 is 0 Å². The summed E-state index contributed by atoms with van der Waals surface area (Å²) in [6, 6.07) is 0. The zero-order valence-corrected chi connectivity index (χ0v) is 6.10. The molecule has 0 amide bonds. The Bertz CT molecular complexity index is 240. The fourth-order valence-corrected chi connectivity index (χ4v) is 0.386. The van der Waals surface area contributed by atoms with Crippen LogP contribution in [0.15, 0.2) is 36.7 Å². The molecule has 0 aliphatic carbocycles. The van der Waals surface area contributed by atoms with Gasteiger partial charge in [-0.2, -0.15) is 0 Å². The van der Waals surface area contributed by atoms with Gasteiger partial charge in [-0.25, -0.2) is 4.39 Å². The van der Waals surface area contributed by atoms with E-state index in [9.17, 15) is 4.39 Å². The van der Waals surface area contributed by atoms with Gasteiger partial charge in [0.2, 0.25) is 0 Å². The monoisotopic (exact) mass is 152 g/mol. The maximum Gasteiger partial charge on any atom is 0.116 e. The molecule has 58 valence electrons. The fourth-order valence-electron chi connectivity index (χ4n) is 0.386. The second kappa shape index (κ2) is 5.45. The minimum absolute atomic E-state index is 0.219. The highest BCUT2D eigenvalue weighted by molar-refractivity contribution is 5.37. The average molecular weight is 152 g/mol. The van der Waals surface area contributed by atoms with Crippen molar-refractivity contribution in [2.75, 3.05) is 6.61 Å². The topological polar surface area (TPSA) is 20.2 Å². The number of rotatable bonds is 2. The van der Waals surface area contributed by atoms with Gasteiger partial charge in [-0.05, 0) is 12.2 Å². The van der Waals surface area contributed by atoms with Crippen LogP contribution < -0.4 is 0 Å². The molecule has 0 radical (unpaired) electrons. The molecule has 0 aliphatic rings. The van der Waals surface area contributed by atoms with Crippen LogP contribution in [0.3, 0.4) is 0 Å². The number of hydrogen-bond acceptors (Lipinski definition) is 1. The Morgan fingerprint density at radius 3 is 2.55 bits per heavy atom. The molecule has 0 aliphatic heterocycles. The molecule has 0 aromatic rings. The maximum absolute atomic E-state index is 12.0. The van der Waals surface area contributed by atoms with Crippen molar-refractivity contribution in [3.05, 3.63) is 36.7 Å². The number of allylic oxidation sites excluding steroid dienone is 4. The van der Waals surface area contributed by atoms with Crippen LogP contribution in [0, 0.1) is 11.8 Å². The zero-order chi connectivity index (χ0) is 8.69. The lowest BCUT2D eigenvalue weighted by molar-refractivity contribution is 0.350. The summed E-state index contributed by atoms with van der Waals surface area (Å²) in [4.78, 5) is 0. The Labute approximate surface area is 65.5 Å². The number of halogens is 1. The Kier molecular flexibility index (Phi) is 4.80. The summed E-state index contributed by atoms with van der Waals surface area (Å²) in [5.41, 5.74) is 0.442. The maximum atomic E-state index is 12.0. The summed E-state index contributed by atoms with van der Waals surface area (Å²) in [5, 5.41) is 8.26. The first kappa shape index (κ1) is 9.67. The standard InChI is InChI=1S/C9H9FO/c1-8(4-3-7-11)5-6-9(2)10/h5-6,11H,1-2,7H2/b6-5-. The first-order valence-corrected chi connectivity index (χ1v) is 2.98. The molecule has 0 fully saturated rings. The summed E-state index contributed by atoms with van der Waals surface area (Å²) in [6.07, 6.45) is 2.55. The molecule has 1 nitrogen and oxygen atoms in total. The Hall–Kier alpha value is -1.33. The van der Waals surface area contributed by atoms with Crippen molar-refractivity contribution in [3.63, 3.8) is 0 Å². The largest absolute Gasteiger partial charge is 0.384 e. The van der Waals surface area contributed by atoms with E-state index in [1.165, 1.54) is 6.08 Å². The van der Waals surface area contributed by atoms with E-state index in [-0.39, 0.29) is 6.61 Å². The predicted molar refractivity (Wildman–Crippen MR) is 43.4 cm³/mol. The van der Waals surface area contributed by atoms with Gasteiger partial charge in [-0.1, -0.05) is 25.0 Å². The van der Waals surface area contributed by atoms with Gasteiger partial charge in [0, 0.05) is 5.57 Å². The lowest BCUT2D eigenvalue weighted by Gasteiger charge is -1.82. The van der Waals surface area contributed by atoms with Gasteiger partial charge in [-0.15, -0.1) is 0 Å². The fraction of sp³-hybridized carbons (Fsp3) is 0.111. The summed E-state index contributed by atoms with van der Waals surface area (Å²) in [5.74, 6) is 4.33. The normalized spacial score (nSPS) is 8.91. The van der Waals surface area contributed by atoms with Crippen molar-refractivity contribution in [1.82, 2.24) is 0 Å². The van der Waals surface area contributed by atoms with E-state index in [0.29, 0.717) is 5.57 Å². The third-order valence-corrected chi connectivity index (χ3v) is 0.793. The lowest BCUT2D eigenvalue weighted by Crippen LogP contribution is -1.73. The number of aliphatic hydroxyl groups excluding tert-OH is 1. The molecule has 0 unspecified atom stereocenters. The Balaban J connectivity index is 3.98. The van der Waals surface area contributed by atoms with Crippen molar-refractivity contribution in [2.45, 2.75) is 0 Å². The van der Waals surface area contributed by atoms with Gasteiger partial charge in [0.25, 0.3) is 0 Å². The molecule has 1 N–H and O–H groups in total. The van der Waals surface area contributed by atoms with Gasteiger partial charge in [0.15, 0.2) is 0 Å². The van der Waals surface area contributed by atoms with E-state index >= 15 is 0 Å². The van der Waals surface area contributed by atoms with Gasteiger partial charge in [-0.3, -0.25) is 0 Å². The van der Waals surface area contributed by atoms with E-state index in [2.05, 4.69) is 25.0 Å². The van der Waals surface area contributed by atoms with Crippen LogP contribution in [0.2, 0.25) is 0 Å². The molecule has 0 heterocycles. The first-order valence-electron chi connectivity index (χ1n) is 2.98. The van der Waals surface area contributed by atoms with Crippen LogP contribution >= 0.6 is 0 Å². The smallest absolute Gasteiger partial charge is 0.116 e. The molecule has 11 heavy (non-hydrogen) atoms. The van der Waals surface area contributed by atoms with Crippen molar-refractivity contribution in [2.24, 2.45) is 0 Å². The molecule has 0 aromatic carbocycles. The molecule has 0 saturated carbocycles.